The molecular formula is C38H52N4O8S. The molecule has 1 heterocycles. The van der Waals surface area contributed by atoms with Crippen molar-refractivity contribution in [1.82, 2.24) is 20.3 Å². The fourth-order valence-corrected chi connectivity index (χ4v) is 8.31. The van der Waals surface area contributed by atoms with Crippen LogP contribution in [0.5, 0.6) is 0 Å². The van der Waals surface area contributed by atoms with Crippen LogP contribution in [-0.4, -0.2) is 79.3 Å². The van der Waals surface area contributed by atoms with Crippen LogP contribution in [0.25, 0.3) is 11.1 Å². The van der Waals surface area contributed by atoms with Gasteiger partial charge in [-0.05, 0) is 68.1 Å². The summed E-state index contributed by atoms with van der Waals surface area (Å²) in [6.45, 7) is 12.4. The van der Waals surface area contributed by atoms with Crippen LogP contribution in [0.3, 0.4) is 0 Å². The van der Waals surface area contributed by atoms with E-state index in [1.165, 1.54) is 12.0 Å². The maximum atomic E-state index is 14.6. The Kier molecular flexibility index (Phi) is 10.4. The van der Waals surface area contributed by atoms with Crippen LogP contribution >= 0.6 is 0 Å². The van der Waals surface area contributed by atoms with Gasteiger partial charge < -0.3 is 25.0 Å². The average molecular weight is 725 g/mol. The number of rotatable bonds is 11. The van der Waals surface area contributed by atoms with Gasteiger partial charge in [0.1, 0.15) is 28.8 Å². The lowest BCUT2D eigenvalue weighted by molar-refractivity contribution is -0.143. The number of amides is 4. The van der Waals surface area contributed by atoms with E-state index in [0.717, 1.165) is 16.7 Å². The molecule has 3 fully saturated rings. The molecule has 0 bridgehead atoms. The lowest BCUT2D eigenvalue weighted by Crippen LogP contribution is -2.60. The number of alkyl carbamates (subject to hydrolysis) is 1. The van der Waals surface area contributed by atoms with Gasteiger partial charge in [-0.15, -0.1) is 0 Å². The summed E-state index contributed by atoms with van der Waals surface area (Å²) in [7, 11) is -2.33. The second-order valence-corrected chi connectivity index (χ2v) is 18.2. The van der Waals surface area contributed by atoms with Gasteiger partial charge in [0.15, 0.2) is 0 Å². The minimum atomic E-state index is -3.86. The van der Waals surface area contributed by atoms with Crippen LogP contribution < -0.4 is 15.4 Å². The summed E-state index contributed by atoms with van der Waals surface area (Å²) >= 11 is 0. The number of carbonyl (C=O) groups is 4. The van der Waals surface area contributed by atoms with E-state index in [0.29, 0.717) is 19.3 Å². The molecule has 3 N–H and O–H groups in total. The summed E-state index contributed by atoms with van der Waals surface area (Å²) in [5.41, 5.74) is -1.42. The van der Waals surface area contributed by atoms with Gasteiger partial charge in [-0.3, -0.25) is 19.1 Å². The van der Waals surface area contributed by atoms with Gasteiger partial charge in [0.05, 0.1) is 11.8 Å². The van der Waals surface area contributed by atoms with Crippen molar-refractivity contribution in [1.29, 1.82) is 0 Å². The van der Waals surface area contributed by atoms with Crippen molar-refractivity contribution in [3.63, 3.8) is 0 Å². The summed E-state index contributed by atoms with van der Waals surface area (Å²) in [6.07, 6.45) is 1.03. The molecule has 5 atom stereocenters. The highest BCUT2D eigenvalue weighted by atomic mass is 32.2. The minimum absolute atomic E-state index is 0.0276. The topological polar surface area (TPSA) is 160 Å². The van der Waals surface area contributed by atoms with Crippen molar-refractivity contribution in [2.24, 2.45) is 11.3 Å². The van der Waals surface area contributed by atoms with Crippen molar-refractivity contribution in [3.05, 3.63) is 60.2 Å². The molecule has 0 spiro atoms. The van der Waals surface area contributed by atoms with E-state index in [-0.39, 0.29) is 25.3 Å². The lowest BCUT2D eigenvalue weighted by Gasteiger charge is -2.36. The van der Waals surface area contributed by atoms with Gasteiger partial charge in [0.25, 0.3) is 5.91 Å². The Balaban J connectivity index is 1.49. The first kappa shape index (κ1) is 38.3. The van der Waals surface area contributed by atoms with E-state index in [9.17, 15) is 27.6 Å². The summed E-state index contributed by atoms with van der Waals surface area (Å²) in [6, 6.07) is 15.4. The van der Waals surface area contributed by atoms with Gasteiger partial charge in [-0.1, -0.05) is 88.7 Å². The fraction of sp³-hybridized carbons (Fsp3) is 0.579. The number of hydrogen-bond acceptors (Lipinski definition) is 8. The number of sulfonamides is 1. The molecule has 278 valence electrons. The number of hydrogen-bond donors (Lipinski definition) is 3. The molecule has 2 saturated carbocycles. The number of methoxy groups -OCH3 is 1. The summed E-state index contributed by atoms with van der Waals surface area (Å²) < 4.78 is 39.4. The summed E-state index contributed by atoms with van der Waals surface area (Å²) in [5.74, 6) is -2.18. The number of carbonyl (C=O) groups excluding carboxylic acids is 4. The van der Waals surface area contributed by atoms with Gasteiger partial charge in [0.2, 0.25) is 21.8 Å². The number of likely N-dealkylation sites (tertiary alicyclic amines) is 1. The van der Waals surface area contributed by atoms with Crippen LogP contribution in [0.1, 0.15) is 86.1 Å². The number of nitrogens with one attached hydrogen (secondary N) is 3. The zero-order valence-corrected chi connectivity index (χ0v) is 31.7. The quantitative estimate of drug-likeness (QED) is 0.303. The molecule has 51 heavy (non-hydrogen) atoms. The molecule has 1 aliphatic heterocycles. The van der Waals surface area contributed by atoms with Crippen LogP contribution in [0.15, 0.2) is 54.6 Å². The van der Waals surface area contributed by atoms with Gasteiger partial charge >= 0.3 is 6.09 Å². The molecule has 2 aromatic carbocycles. The molecule has 5 rings (SSSR count). The van der Waals surface area contributed by atoms with Crippen LogP contribution in [0.4, 0.5) is 4.79 Å². The highest BCUT2D eigenvalue weighted by Gasteiger charge is 2.63. The Morgan fingerprint density at radius 1 is 0.922 bits per heavy atom. The molecule has 0 unspecified atom stereocenters. The average Bonchev–Trinajstić information content (AvgIpc) is 3.99. The molecule has 0 radical (unpaired) electrons. The van der Waals surface area contributed by atoms with Crippen molar-refractivity contribution < 1.29 is 37.1 Å². The first-order valence-electron chi connectivity index (χ1n) is 17.6. The molecule has 2 aromatic rings. The largest absolute Gasteiger partial charge is 0.444 e. The van der Waals surface area contributed by atoms with Crippen LogP contribution in [0, 0.1) is 11.3 Å². The molecule has 1 saturated heterocycles. The van der Waals surface area contributed by atoms with Crippen molar-refractivity contribution >= 4 is 33.8 Å². The van der Waals surface area contributed by atoms with Crippen molar-refractivity contribution in [2.75, 3.05) is 13.7 Å². The third-order valence-electron chi connectivity index (χ3n) is 10.1. The zero-order valence-electron chi connectivity index (χ0n) is 30.9. The lowest BCUT2D eigenvalue weighted by atomic mass is 9.85. The monoisotopic (exact) mass is 724 g/mol. The Labute approximate surface area is 301 Å². The van der Waals surface area contributed by atoms with E-state index in [2.05, 4.69) is 15.4 Å². The Hall–Kier alpha value is -3.97. The molecule has 3 aliphatic rings. The highest BCUT2D eigenvalue weighted by molar-refractivity contribution is 7.91. The smallest absolute Gasteiger partial charge is 0.408 e. The predicted molar refractivity (Wildman–Crippen MR) is 193 cm³/mol. The molecule has 12 nitrogen and oxygen atoms in total. The Bertz CT molecular complexity index is 1750. The maximum Gasteiger partial charge on any atom is 0.408 e. The predicted octanol–water partition coefficient (Wildman–Crippen LogP) is 4.63. The number of ether oxygens (including phenoxy) is 2. The standard InChI is InChI=1S/C38H52N4O8S/c1-9-26-21-38(26,33(45)41-51(47,48)28-19-20-28)40-31(43)29-22-37(49-8,27-17-15-25(16-18-27)24-13-11-10-12-14-24)23-42(29)32(44)30(35(2,3)4)39-34(46)50-36(5,6)7/h10-18,26,28-30H,9,19-23H2,1-8H3,(H,39,46)(H,40,43)(H,41,45)/t26-,29+,30-,37+,38-/m1/s1. The Morgan fingerprint density at radius 3 is 2.04 bits per heavy atom. The van der Waals surface area contributed by atoms with E-state index in [1.54, 1.807) is 41.5 Å². The normalized spacial score (nSPS) is 25.5. The fourth-order valence-electron chi connectivity index (χ4n) is 6.95. The molecule has 2 aliphatic carbocycles. The second kappa shape index (κ2) is 13.9. The highest BCUT2D eigenvalue weighted by Crippen LogP contribution is 2.48. The first-order valence-corrected chi connectivity index (χ1v) is 19.2. The number of nitrogens with zero attached hydrogens (tertiary/aromatic N) is 1. The van der Waals surface area contributed by atoms with E-state index >= 15 is 0 Å². The van der Waals surface area contributed by atoms with Gasteiger partial charge in [0, 0.05) is 13.5 Å². The number of benzene rings is 2. The molecule has 13 heteroatoms. The van der Waals surface area contributed by atoms with Crippen LogP contribution in [-0.2, 0) is 39.5 Å². The van der Waals surface area contributed by atoms with E-state index in [4.69, 9.17) is 9.47 Å². The summed E-state index contributed by atoms with van der Waals surface area (Å²) in [5, 5.41) is 5.02. The van der Waals surface area contributed by atoms with E-state index < -0.39 is 73.3 Å². The molecule has 0 aromatic heterocycles. The maximum absolute atomic E-state index is 14.6. The van der Waals surface area contributed by atoms with Crippen molar-refractivity contribution in [3.8, 4) is 11.1 Å². The van der Waals surface area contributed by atoms with E-state index in [1.807, 2.05) is 61.5 Å². The minimum Gasteiger partial charge on any atom is -0.444 e. The second-order valence-electron chi connectivity index (χ2n) is 16.2. The van der Waals surface area contributed by atoms with Crippen molar-refractivity contribution in [2.45, 2.75) is 115 Å². The van der Waals surface area contributed by atoms with Gasteiger partial charge in [-0.25, -0.2) is 13.2 Å². The molecular weight excluding hydrogens is 673 g/mol. The first-order chi connectivity index (χ1) is 23.7. The molecule has 4 amide bonds. The third kappa shape index (κ3) is 8.25. The Morgan fingerprint density at radius 2 is 1.53 bits per heavy atom. The zero-order chi connectivity index (χ0) is 37.6. The SMILES string of the molecule is CC[C@@H]1C[C@]1(NC(=O)[C@@H]1C[C@@](OC)(c2ccc(-c3ccccc3)cc2)CN1C(=O)[C@@H](NC(=O)OC(C)(C)C)C(C)(C)C)C(=O)NS(=O)(=O)C1CC1. The van der Waals surface area contributed by atoms with Crippen LogP contribution in [0.2, 0.25) is 0 Å². The third-order valence-corrected chi connectivity index (χ3v) is 12.0. The van der Waals surface area contributed by atoms with Gasteiger partial charge in [-0.2, -0.15) is 0 Å². The summed E-state index contributed by atoms with van der Waals surface area (Å²) in [4.78, 5) is 57.1.